The van der Waals surface area contributed by atoms with E-state index < -0.39 is 41.6 Å². The van der Waals surface area contributed by atoms with Crippen molar-refractivity contribution in [1.29, 1.82) is 0 Å². The molecule has 3 aromatic rings. The number of nitrogens with zero attached hydrogens (tertiary/aromatic N) is 1. The fourth-order valence-electron chi connectivity index (χ4n) is 4.91. The number of halogens is 1. The number of alkyl carbamates (subject to hydrolysis) is 1. The van der Waals surface area contributed by atoms with Gasteiger partial charge in [-0.15, -0.1) is 0 Å². The van der Waals surface area contributed by atoms with Gasteiger partial charge in [0.2, 0.25) is 5.91 Å². The van der Waals surface area contributed by atoms with Crippen LogP contribution in [0.2, 0.25) is 5.02 Å². The van der Waals surface area contributed by atoms with E-state index in [-0.39, 0.29) is 12.2 Å². The monoisotopic (exact) mass is 607 g/mol. The molecule has 0 spiro atoms. The molecule has 2 unspecified atom stereocenters. The second-order valence-electron chi connectivity index (χ2n) is 12.1. The Hall–Kier alpha value is -4.04. The highest BCUT2D eigenvalue weighted by molar-refractivity contribution is 6.34. The number of hydrogen-bond acceptors (Lipinski definition) is 5. The summed E-state index contributed by atoms with van der Waals surface area (Å²) in [7, 11) is 0. The van der Waals surface area contributed by atoms with Crippen LogP contribution in [0.1, 0.15) is 68.5 Å². The highest BCUT2D eigenvalue weighted by Crippen LogP contribution is 2.32. The number of aromatic hydroxyl groups is 1. The third kappa shape index (κ3) is 8.97. The van der Waals surface area contributed by atoms with Gasteiger partial charge in [0.25, 0.3) is 5.91 Å². The number of aryl methyl sites for hydroxylation is 3. The second kappa shape index (κ2) is 14.0. The first kappa shape index (κ1) is 33.5. The standard InChI is InChI=1S/C34H42ClN3O5/c1-20(2)38(32(41)28(36-33(42)43-34(6,7)8)19-24-13-15-25(39)16-14-24)30(26-17-12-21(3)18-23(26)5)31(40)37-29-22(4)10-9-11-27(29)35/h9-18,20,28,30,39H,19H2,1-8H3,(H,36,42)(H,37,40). The van der Waals surface area contributed by atoms with Crippen LogP contribution in [0.25, 0.3) is 0 Å². The maximum atomic E-state index is 14.5. The number of phenols is 1. The molecule has 2 atom stereocenters. The molecule has 0 saturated heterocycles. The van der Waals surface area contributed by atoms with Crippen molar-refractivity contribution in [3.63, 3.8) is 0 Å². The molecular formula is C34H42ClN3O5. The Morgan fingerprint density at radius 1 is 0.953 bits per heavy atom. The molecule has 9 heteroatoms. The minimum absolute atomic E-state index is 0.0805. The average molecular weight is 608 g/mol. The molecule has 0 bridgehead atoms. The molecule has 0 radical (unpaired) electrons. The number of rotatable bonds is 9. The van der Waals surface area contributed by atoms with Crippen molar-refractivity contribution in [2.75, 3.05) is 5.32 Å². The summed E-state index contributed by atoms with van der Waals surface area (Å²) in [5.41, 5.74) is 3.66. The van der Waals surface area contributed by atoms with Gasteiger partial charge in [0, 0.05) is 12.5 Å². The first-order chi connectivity index (χ1) is 20.1. The number of benzene rings is 3. The Labute approximate surface area is 259 Å². The smallest absolute Gasteiger partial charge is 0.408 e. The molecule has 3 rings (SSSR count). The van der Waals surface area contributed by atoms with Crippen LogP contribution < -0.4 is 10.6 Å². The van der Waals surface area contributed by atoms with Gasteiger partial charge >= 0.3 is 6.09 Å². The quantitative estimate of drug-likeness (QED) is 0.242. The van der Waals surface area contributed by atoms with E-state index in [0.29, 0.717) is 21.8 Å². The molecule has 0 aliphatic heterocycles. The number of hydrogen-bond donors (Lipinski definition) is 3. The summed E-state index contributed by atoms with van der Waals surface area (Å²) in [6, 6.07) is 14.9. The zero-order valence-electron chi connectivity index (χ0n) is 26.1. The summed E-state index contributed by atoms with van der Waals surface area (Å²) in [4.78, 5) is 43.2. The number of phenolic OH excluding ortho intramolecular Hbond substituents is 1. The van der Waals surface area contributed by atoms with Crippen molar-refractivity contribution in [2.24, 2.45) is 0 Å². The lowest BCUT2D eigenvalue weighted by molar-refractivity contribution is -0.142. The van der Waals surface area contributed by atoms with Crippen LogP contribution in [0.4, 0.5) is 10.5 Å². The summed E-state index contributed by atoms with van der Waals surface area (Å²) >= 11 is 6.47. The number of anilines is 1. The molecule has 230 valence electrons. The summed E-state index contributed by atoms with van der Waals surface area (Å²) in [5.74, 6) is -0.826. The number of ether oxygens (including phenoxy) is 1. The minimum atomic E-state index is -1.08. The van der Waals surface area contributed by atoms with Gasteiger partial charge in [0.05, 0.1) is 10.7 Å². The SMILES string of the molecule is Cc1ccc(C(C(=O)Nc2c(C)cccc2Cl)N(C(=O)C(Cc2ccc(O)cc2)NC(=O)OC(C)(C)C)C(C)C)c(C)c1. The lowest BCUT2D eigenvalue weighted by atomic mass is 9.94. The van der Waals surface area contributed by atoms with E-state index in [4.69, 9.17) is 16.3 Å². The second-order valence-corrected chi connectivity index (χ2v) is 12.5. The molecule has 3 N–H and O–H groups in total. The molecule has 8 nitrogen and oxygen atoms in total. The van der Waals surface area contributed by atoms with Crippen LogP contribution in [0.15, 0.2) is 60.7 Å². The summed E-state index contributed by atoms with van der Waals surface area (Å²) < 4.78 is 5.49. The van der Waals surface area contributed by atoms with Crippen LogP contribution in [-0.2, 0) is 20.7 Å². The van der Waals surface area contributed by atoms with Gasteiger partial charge in [-0.25, -0.2) is 4.79 Å². The molecule has 0 aromatic heterocycles. The molecule has 0 heterocycles. The van der Waals surface area contributed by atoms with Crippen LogP contribution >= 0.6 is 11.6 Å². The normalized spacial score (nSPS) is 12.8. The van der Waals surface area contributed by atoms with Gasteiger partial charge in [0.1, 0.15) is 23.4 Å². The van der Waals surface area contributed by atoms with Crippen molar-refractivity contribution in [2.45, 2.75) is 85.5 Å². The van der Waals surface area contributed by atoms with Gasteiger partial charge in [-0.3, -0.25) is 9.59 Å². The predicted octanol–water partition coefficient (Wildman–Crippen LogP) is 7.02. The Morgan fingerprint density at radius 2 is 1.60 bits per heavy atom. The highest BCUT2D eigenvalue weighted by atomic mass is 35.5. The Bertz CT molecular complexity index is 1440. The van der Waals surface area contributed by atoms with Gasteiger partial charge in [-0.05, 0) is 95.8 Å². The minimum Gasteiger partial charge on any atom is -0.508 e. The Balaban J connectivity index is 2.12. The van der Waals surface area contributed by atoms with Crippen molar-refractivity contribution in [1.82, 2.24) is 10.2 Å². The summed E-state index contributed by atoms with van der Waals surface area (Å²) in [5, 5.41) is 15.9. The van der Waals surface area contributed by atoms with Crippen LogP contribution in [0.3, 0.4) is 0 Å². The van der Waals surface area contributed by atoms with Crippen LogP contribution in [-0.4, -0.2) is 45.6 Å². The molecular weight excluding hydrogens is 566 g/mol. The summed E-state index contributed by atoms with van der Waals surface area (Å²) in [6.45, 7) is 14.6. The van der Waals surface area contributed by atoms with Gasteiger partial charge in [-0.2, -0.15) is 0 Å². The molecule has 3 amide bonds. The maximum absolute atomic E-state index is 14.5. The Kier molecular flexibility index (Phi) is 10.9. The van der Waals surface area contributed by atoms with E-state index in [1.54, 1.807) is 45.0 Å². The zero-order valence-corrected chi connectivity index (χ0v) is 26.9. The van der Waals surface area contributed by atoms with Crippen molar-refractivity contribution in [3.05, 3.63) is 93.5 Å². The van der Waals surface area contributed by atoms with E-state index in [0.717, 1.165) is 16.7 Å². The lowest BCUT2D eigenvalue weighted by Gasteiger charge is -2.38. The van der Waals surface area contributed by atoms with Gasteiger partial charge in [-0.1, -0.05) is 59.6 Å². The number of carbonyl (C=O) groups excluding carboxylic acids is 3. The van der Waals surface area contributed by atoms with E-state index >= 15 is 0 Å². The average Bonchev–Trinajstić information content (AvgIpc) is 2.89. The molecule has 43 heavy (non-hydrogen) atoms. The maximum Gasteiger partial charge on any atom is 0.408 e. The van der Waals surface area contributed by atoms with E-state index in [1.165, 1.54) is 17.0 Å². The first-order valence-electron chi connectivity index (χ1n) is 14.3. The molecule has 0 fully saturated rings. The van der Waals surface area contributed by atoms with Crippen molar-refractivity contribution in [3.8, 4) is 5.75 Å². The Morgan fingerprint density at radius 3 is 2.16 bits per heavy atom. The fraction of sp³-hybridized carbons (Fsp3) is 0.382. The van der Waals surface area contributed by atoms with Crippen LogP contribution in [0.5, 0.6) is 5.75 Å². The van der Waals surface area contributed by atoms with Crippen molar-refractivity contribution >= 4 is 35.2 Å². The fourth-order valence-corrected chi connectivity index (χ4v) is 5.18. The van der Waals surface area contributed by atoms with E-state index in [2.05, 4.69) is 10.6 Å². The largest absolute Gasteiger partial charge is 0.508 e. The number of carbonyl (C=O) groups is 3. The lowest BCUT2D eigenvalue weighted by Crippen LogP contribution is -2.55. The molecule has 3 aromatic carbocycles. The summed E-state index contributed by atoms with van der Waals surface area (Å²) in [6.07, 6.45) is -0.653. The zero-order chi connectivity index (χ0) is 32.1. The molecule has 0 saturated carbocycles. The number of amides is 3. The highest BCUT2D eigenvalue weighted by Gasteiger charge is 2.39. The van der Waals surface area contributed by atoms with Crippen molar-refractivity contribution < 1.29 is 24.2 Å². The third-order valence-electron chi connectivity index (χ3n) is 6.89. The van der Waals surface area contributed by atoms with Gasteiger partial charge in [0.15, 0.2) is 0 Å². The predicted molar refractivity (Wildman–Crippen MR) is 170 cm³/mol. The molecule has 0 aliphatic carbocycles. The van der Waals surface area contributed by atoms with Gasteiger partial charge < -0.3 is 25.4 Å². The number of nitrogens with one attached hydrogen (secondary N) is 2. The van der Waals surface area contributed by atoms with E-state index in [1.807, 2.05) is 58.9 Å². The molecule has 0 aliphatic rings. The number of para-hydroxylation sites is 1. The van der Waals surface area contributed by atoms with Crippen LogP contribution in [0, 0.1) is 20.8 Å². The first-order valence-corrected chi connectivity index (χ1v) is 14.7. The topological polar surface area (TPSA) is 108 Å². The van der Waals surface area contributed by atoms with E-state index in [9.17, 15) is 19.5 Å². The third-order valence-corrected chi connectivity index (χ3v) is 7.21.